The van der Waals surface area contributed by atoms with Gasteiger partial charge in [0.05, 0.1) is 26.7 Å². The zero-order chi connectivity index (χ0) is 24.7. The van der Waals surface area contributed by atoms with Crippen LogP contribution in [0, 0.1) is 13.8 Å². The van der Waals surface area contributed by atoms with Gasteiger partial charge in [-0.15, -0.1) is 10.2 Å². The Kier molecular flexibility index (Phi) is 10.4. The van der Waals surface area contributed by atoms with E-state index < -0.39 is 52.8 Å². The number of carboxylic acids is 1. The molecule has 0 aliphatic carbocycles. The molecule has 2 N–H and O–H groups in total. The predicted molar refractivity (Wildman–Crippen MR) is 109 cm³/mol. The third-order valence-electron chi connectivity index (χ3n) is 4.48. The molecular weight excluding hydrogens is 526 g/mol. The summed E-state index contributed by atoms with van der Waals surface area (Å²) in [5, 5.41) is 19.3. The van der Waals surface area contributed by atoms with Crippen LogP contribution in [0.3, 0.4) is 0 Å². The fourth-order valence-electron chi connectivity index (χ4n) is 2.89. The molecule has 3 aromatic rings. The van der Waals surface area contributed by atoms with E-state index in [1.165, 1.54) is 19.9 Å². The molecule has 0 saturated heterocycles. The SMILES string of the molecule is Cc1cc(S(=O)(=O)[O-])ccc1-n1[nH]c(C)c(N=Nc2cc(S(=O)(=O)[O-])ccc2C(=O)O)c1=O.[Na+].[Na+]. The first kappa shape index (κ1) is 31.4. The van der Waals surface area contributed by atoms with Crippen LogP contribution in [0.4, 0.5) is 11.4 Å². The zero-order valence-corrected chi connectivity index (χ0v) is 24.5. The number of nitrogens with zero attached hydrogens (tertiary/aromatic N) is 3. The molecule has 3 rings (SSSR count). The normalized spacial score (nSPS) is 11.7. The van der Waals surface area contributed by atoms with Crippen molar-refractivity contribution in [1.29, 1.82) is 0 Å². The summed E-state index contributed by atoms with van der Waals surface area (Å²) in [6, 6.07) is 5.77. The summed E-state index contributed by atoms with van der Waals surface area (Å²) in [6.45, 7) is 2.93. The summed E-state index contributed by atoms with van der Waals surface area (Å²) < 4.78 is 68.3. The van der Waals surface area contributed by atoms with E-state index in [2.05, 4.69) is 15.3 Å². The second kappa shape index (κ2) is 11.6. The summed E-state index contributed by atoms with van der Waals surface area (Å²) in [7, 11) is -9.60. The van der Waals surface area contributed by atoms with Gasteiger partial charge in [-0.25, -0.2) is 26.3 Å². The van der Waals surface area contributed by atoms with Gasteiger partial charge in [-0.2, -0.15) is 0 Å². The van der Waals surface area contributed by atoms with Crippen molar-refractivity contribution in [1.82, 2.24) is 9.78 Å². The molecule has 13 nitrogen and oxygen atoms in total. The van der Waals surface area contributed by atoms with Crippen molar-refractivity contribution in [2.75, 3.05) is 0 Å². The van der Waals surface area contributed by atoms with E-state index in [9.17, 15) is 40.6 Å². The minimum atomic E-state index is -4.90. The number of H-pyrrole nitrogens is 1. The number of azo groups is 1. The zero-order valence-electron chi connectivity index (χ0n) is 18.8. The number of aromatic amines is 1. The number of benzene rings is 2. The molecule has 1 aromatic heterocycles. The number of aromatic carboxylic acids is 1. The van der Waals surface area contributed by atoms with Gasteiger partial charge in [0.2, 0.25) is 0 Å². The minimum absolute atomic E-state index is 0. The number of rotatable bonds is 6. The monoisotopic (exact) mass is 540 g/mol. The Bertz CT molecular complexity index is 1590. The average Bonchev–Trinajstić information content (AvgIpc) is 2.98. The summed E-state index contributed by atoms with van der Waals surface area (Å²) in [5.41, 5.74) is -1.25. The third-order valence-corrected chi connectivity index (χ3v) is 6.15. The molecule has 0 aliphatic rings. The second-order valence-corrected chi connectivity index (χ2v) is 9.53. The van der Waals surface area contributed by atoms with Crippen molar-refractivity contribution in [3.8, 4) is 5.69 Å². The molecule has 0 bridgehead atoms. The molecule has 0 spiro atoms. The van der Waals surface area contributed by atoms with Crippen LogP contribution in [0.2, 0.25) is 0 Å². The van der Waals surface area contributed by atoms with Crippen LogP contribution in [0.15, 0.2) is 61.2 Å². The molecule has 1 heterocycles. The Morgan fingerprint density at radius 2 is 1.49 bits per heavy atom. The maximum atomic E-state index is 12.8. The number of hydrogen-bond acceptors (Lipinski definition) is 10. The number of aryl methyl sites for hydroxylation is 2. The van der Waals surface area contributed by atoms with E-state index >= 15 is 0 Å². The van der Waals surface area contributed by atoms with Crippen molar-refractivity contribution in [2.24, 2.45) is 10.2 Å². The molecule has 0 radical (unpaired) electrons. The van der Waals surface area contributed by atoms with Crippen molar-refractivity contribution in [3.05, 3.63) is 63.6 Å². The molecule has 0 atom stereocenters. The van der Waals surface area contributed by atoms with Gasteiger partial charge in [0, 0.05) is 0 Å². The first-order chi connectivity index (χ1) is 15.2. The summed E-state index contributed by atoms with van der Waals surface area (Å²) in [4.78, 5) is 23.0. The van der Waals surface area contributed by atoms with Crippen LogP contribution >= 0.6 is 0 Å². The van der Waals surface area contributed by atoms with Gasteiger partial charge in [-0.1, -0.05) is 0 Å². The van der Waals surface area contributed by atoms with Gasteiger partial charge < -0.3 is 14.2 Å². The fourth-order valence-corrected chi connectivity index (χ4v) is 3.94. The van der Waals surface area contributed by atoms with Crippen LogP contribution in [0.5, 0.6) is 0 Å². The van der Waals surface area contributed by atoms with Crippen LogP contribution in [0.1, 0.15) is 21.6 Å². The molecule has 0 unspecified atom stereocenters. The molecule has 0 aliphatic heterocycles. The van der Waals surface area contributed by atoms with E-state index in [4.69, 9.17) is 0 Å². The maximum absolute atomic E-state index is 12.8. The van der Waals surface area contributed by atoms with Gasteiger partial charge >= 0.3 is 65.1 Å². The summed E-state index contributed by atoms with van der Waals surface area (Å²) >= 11 is 0. The van der Waals surface area contributed by atoms with Crippen molar-refractivity contribution in [2.45, 2.75) is 23.6 Å². The molecule has 2 aromatic carbocycles. The maximum Gasteiger partial charge on any atom is 1.00 e. The quantitative estimate of drug-likeness (QED) is 0.175. The molecule has 35 heavy (non-hydrogen) atoms. The summed E-state index contributed by atoms with van der Waals surface area (Å²) in [6.07, 6.45) is 0. The summed E-state index contributed by atoms with van der Waals surface area (Å²) in [5.74, 6) is -1.47. The first-order valence-electron chi connectivity index (χ1n) is 8.83. The van der Waals surface area contributed by atoms with Crippen LogP contribution in [0.25, 0.3) is 5.69 Å². The van der Waals surface area contributed by atoms with E-state index in [0.29, 0.717) is 0 Å². The van der Waals surface area contributed by atoms with E-state index in [-0.39, 0.29) is 81.7 Å². The van der Waals surface area contributed by atoms with Gasteiger partial charge in [-0.05, 0) is 55.8 Å². The number of hydrogen-bond donors (Lipinski definition) is 2. The first-order valence-corrected chi connectivity index (χ1v) is 11.7. The van der Waals surface area contributed by atoms with Crippen molar-refractivity contribution in [3.63, 3.8) is 0 Å². The second-order valence-electron chi connectivity index (χ2n) is 6.77. The molecule has 0 fully saturated rings. The molecular formula is C18H14N4Na2O9S2. The minimum Gasteiger partial charge on any atom is -0.744 e. The molecule has 0 saturated carbocycles. The van der Waals surface area contributed by atoms with Crippen molar-refractivity contribution >= 4 is 37.6 Å². The van der Waals surface area contributed by atoms with Gasteiger partial charge in [0.15, 0.2) is 5.69 Å². The van der Waals surface area contributed by atoms with Gasteiger partial charge in [0.1, 0.15) is 25.9 Å². The predicted octanol–water partition coefficient (Wildman–Crippen LogP) is -4.29. The number of carboxylic acid groups (broad SMARTS) is 1. The standard InChI is InChI=1S/C18H16N4O9S2.2Na/c1-9-7-11(32(26,27)28)4-6-15(9)22-17(23)16(10(2)21-22)20-19-14-8-12(33(29,30)31)3-5-13(14)18(24)25;;/h3-8,21H,1-2H3,(H,24,25)(H,26,27,28)(H,29,30,31);;/q;2*+1/p-2. The van der Waals surface area contributed by atoms with Gasteiger partial charge in [-0.3, -0.25) is 9.89 Å². The number of carbonyl (C=O) groups is 1. The Hall–Kier alpha value is -1.66. The Morgan fingerprint density at radius 3 is 2.00 bits per heavy atom. The smallest absolute Gasteiger partial charge is 0.744 e. The largest absolute Gasteiger partial charge is 1.00 e. The van der Waals surface area contributed by atoms with Crippen LogP contribution in [-0.4, -0.2) is 46.8 Å². The molecule has 17 heteroatoms. The van der Waals surface area contributed by atoms with Crippen LogP contribution in [-0.2, 0) is 20.2 Å². The Morgan fingerprint density at radius 1 is 0.943 bits per heavy atom. The average molecular weight is 540 g/mol. The Balaban J connectivity index is 0.00000306. The topological polar surface area (TPSA) is 214 Å². The van der Waals surface area contributed by atoms with Crippen molar-refractivity contribution < 1.29 is 95.0 Å². The number of nitrogens with one attached hydrogen (secondary N) is 1. The third kappa shape index (κ3) is 6.97. The Labute approximate surface area is 243 Å². The van der Waals surface area contributed by atoms with E-state index in [0.717, 1.165) is 35.0 Å². The number of aromatic nitrogens is 2. The molecule has 0 amide bonds. The fraction of sp³-hybridized carbons (Fsp3) is 0.111. The van der Waals surface area contributed by atoms with E-state index in [1.807, 2.05) is 0 Å². The molecule has 174 valence electrons. The van der Waals surface area contributed by atoms with E-state index in [1.54, 1.807) is 0 Å². The van der Waals surface area contributed by atoms with Crippen LogP contribution < -0.4 is 64.7 Å². The van der Waals surface area contributed by atoms with Gasteiger partial charge in [0.25, 0.3) is 5.56 Å².